The van der Waals surface area contributed by atoms with Gasteiger partial charge in [-0.3, -0.25) is 9.19 Å². The predicted octanol–water partition coefficient (Wildman–Crippen LogP) is 4.88. The van der Waals surface area contributed by atoms with E-state index in [1.165, 1.54) is 0 Å². The first-order valence-electron chi connectivity index (χ1n) is 8.68. The van der Waals surface area contributed by atoms with Crippen LogP contribution in [0.5, 0.6) is 0 Å². The van der Waals surface area contributed by atoms with Crippen molar-refractivity contribution in [2.75, 3.05) is 0 Å². The van der Waals surface area contributed by atoms with Gasteiger partial charge < -0.3 is 4.57 Å². The van der Waals surface area contributed by atoms with E-state index in [0.717, 1.165) is 28.2 Å². The van der Waals surface area contributed by atoms with E-state index in [-0.39, 0.29) is 0 Å². The van der Waals surface area contributed by atoms with Crippen molar-refractivity contribution in [3.8, 4) is 5.69 Å². The number of hydrogen-bond acceptors (Lipinski definition) is 3. The molecule has 0 bridgehead atoms. The SMILES string of the molecule is CCC(=Nc1cccc(-n2cccc2)c1)S(=O)Cc1ncc(C)cc1C. The molecule has 0 fully saturated rings. The molecule has 134 valence electrons. The van der Waals surface area contributed by atoms with Crippen LogP contribution in [0.15, 0.2) is 66.0 Å². The van der Waals surface area contributed by atoms with Gasteiger partial charge in [-0.15, -0.1) is 0 Å². The third-order valence-electron chi connectivity index (χ3n) is 4.14. The zero-order valence-electron chi connectivity index (χ0n) is 15.3. The molecule has 0 aliphatic carbocycles. The molecule has 0 saturated carbocycles. The molecule has 2 aromatic heterocycles. The van der Waals surface area contributed by atoms with E-state index in [9.17, 15) is 4.21 Å². The van der Waals surface area contributed by atoms with Crippen LogP contribution < -0.4 is 0 Å². The van der Waals surface area contributed by atoms with Crippen molar-refractivity contribution in [1.82, 2.24) is 9.55 Å². The Hall–Kier alpha value is -2.53. The van der Waals surface area contributed by atoms with E-state index in [1.54, 1.807) is 0 Å². The maximum absolute atomic E-state index is 12.8. The fourth-order valence-electron chi connectivity index (χ4n) is 2.77. The van der Waals surface area contributed by atoms with Crippen molar-refractivity contribution in [3.63, 3.8) is 0 Å². The summed E-state index contributed by atoms with van der Waals surface area (Å²) in [5.41, 5.74) is 4.91. The fraction of sp³-hybridized carbons (Fsp3) is 0.238. The third kappa shape index (κ3) is 4.35. The number of aromatic nitrogens is 2. The highest BCUT2D eigenvalue weighted by Gasteiger charge is 2.12. The minimum Gasteiger partial charge on any atom is -0.324 e. The lowest BCUT2D eigenvalue weighted by Gasteiger charge is -2.08. The Kier molecular flexibility index (Phi) is 5.78. The summed E-state index contributed by atoms with van der Waals surface area (Å²) in [7, 11) is -1.19. The van der Waals surface area contributed by atoms with Crippen LogP contribution in [0.3, 0.4) is 0 Å². The second-order valence-corrected chi connectivity index (χ2v) is 7.69. The average Bonchev–Trinajstić information content (AvgIpc) is 3.17. The summed E-state index contributed by atoms with van der Waals surface area (Å²) in [4.78, 5) is 9.10. The number of benzene rings is 1. The lowest BCUT2D eigenvalue weighted by Crippen LogP contribution is -2.10. The quantitative estimate of drug-likeness (QED) is 0.478. The topological polar surface area (TPSA) is 47.2 Å². The minimum atomic E-state index is -1.19. The van der Waals surface area contributed by atoms with Gasteiger partial charge in [0.2, 0.25) is 0 Å². The molecular weight excluding hydrogens is 342 g/mol. The molecule has 3 rings (SSSR count). The van der Waals surface area contributed by atoms with Crippen molar-refractivity contribution in [3.05, 3.63) is 77.9 Å². The highest BCUT2D eigenvalue weighted by atomic mass is 32.2. The number of nitrogens with zero attached hydrogens (tertiary/aromatic N) is 3. The van der Waals surface area contributed by atoms with Crippen LogP contribution in [-0.2, 0) is 16.6 Å². The molecule has 26 heavy (non-hydrogen) atoms. The van der Waals surface area contributed by atoms with Crippen LogP contribution in [0.1, 0.15) is 30.2 Å². The summed E-state index contributed by atoms with van der Waals surface area (Å²) in [6.07, 6.45) is 6.45. The summed E-state index contributed by atoms with van der Waals surface area (Å²) in [5, 5.41) is 0.691. The standard InChI is InChI=1S/C21H23N3OS/c1-4-21(26(25)15-20-17(3)12-16(2)14-22-20)23-18-8-7-9-19(13-18)24-10-5-6-11-24/h5-14H,4,15H2,1-3H3. The van der Waals surface area contributed by atoms with Crippen molar-refractivity contribution in [1.29, 1.82) is 0 Å². The molecule has 0 aliphatic heterocycles. The summed E-state index contributed by atoms with van der Waals surface area (Å²) in [6, 6.07) is 14.0. The number of aryl methyl sites for hydroxylation is 2. The van der Waals surface area contributed by atoms with Gasteiger partial charge in [0.25, 0.3) is 0 Å². The van der Waals surface area contributed by atoms with Crippen LogP contribution >= 0.6 is 0 Å². The molecule has 1 atom stereocenters. The monoisotopic (exact) mass is 365 g/mol. The van der Waals surface area contributed by atoms with Crippen LogP contribution in [0, 0.1) is 13.8 Å². The van der Waals surface area contributed by atoms with E-state index in [0.29, 0.717) is 17.2 Å². The maximum atomic E-state index is 12.8. The van der Waals surface area contributed by atoms with Crippen LogP contribution in [-0.4, -0.2) is 18.8 Å². The molecule has 1 unspecified atom stereocenters. The van der Waals surface area contributed by atoms with Gasteiger partial charge >= 0.3 is 0 Å². The molecule has 0 N–H and O–H groups in total. The van der Waals surface area contributed by atoms with Gasteiger partial charge in [-0.2, -0.15) is 0 Å². The molecule has 0 radical (unpaired) electrons. The van der Waals surface area contributed by atoms with Crippen molar-refractivity contribution >= 4 is 21.5 Å². The number of hydrogen-bond donors (Lipinski definition) is 0. The molecule has 1 aromatic carbocycles. The predicted molar refractivity (Wildman–Crippen MR) is 109 cm³/mol. The van der Waals surface area contributed by atoms with Crippen molar-refractivity contribution in [2.24, 2.45) is 4.99 Å². The molecule has 0 spiro atoms. The molecule has 0 saturated heterocycles. The minimum absolute atomic E-state index is 0.399. The van der Waals surface area contributed by atoms with Gasteiger partial charge in [0, 0.05) is 24.3 Å². The Morgan fingerprint density at radius 1 is 1.15 bits per heavy atom. The number of pyridine rings is 1. The van der Waals surface area contributed by atoms with Gasteiger partial charge in [0.05, 0.1) is 27.9 Å². The first-order valence-corrected chi connectivity index (χ1v) is 10.00. The van der Waals surface area contributed by atoms with Gasteiger partial charge in [0.15, 0.2) is 0 Å². The summed E-state index contributed by atoms with van der Waals surface area (Å²) >= 11 is 0. The largest absolute Gasteiger partial charge is 0.324 e. The second-order valence-electron chi connectivity index (χ2n) is 6.24. The third-order valence-corrected chi connectivity index (χ3v) is 5.58. The van der Waals surface area contributed by atoms with Gasteiger partial charge in [-0.05, 0) is 61.7 Å². The van der Waals surface area contributed by atoms with Crippen LogP contribution in [0.4, 0.5) is 5.69 Å². The van der Waals surface area contributed by atoms with E-state index >= 15 is 0 Å². The first-order chi connectivity index (χ1) is 12.6. The summed E-state index contributed by atoms with van der Waals surface area (Å²) in [5.74, 6) is 0.399. The molecular formula is C21H23N3OS. The highest BCUT2D eigenvalue weighted by molar-refractivity contribution is 7.99. The molecule has 4 nitrogen and oxygen atoms in total. The van der Waals surface area contributed by atoms with Crippen molar-refractivity contribution in [2.45, 2.75) is 32.9 Å². The second kappa shape index (κ2) is 8.23. The molecule has 2 heterocycles. The lowest BCUT2D eigenvalue weighted by atomic mass is 10.2. The summed E-state index contributed by atoms with van der Waals surface area (Å²) < 4.78 is 14.9. The molecule has 0 aliphatic rings. The normalized spacial score (nSPS) is 13.0. The van der Waals surface area contributed by atoms with E-state index in [1.807, 2.05) is 80.3 Å². The Bertz CT molecular complexity index is 946. The van der Waals surface area contributed by atoms with E-state index in [2.05, 4.69) is 16.0 Å². The Morgan fingerprint density at radius 2 is 1.92 bits per heavy atom. The summed E-state index contributed by atoms with van der Waals surface area (Å²) in [6.45, 7) is 6.01. The first kappa shape index (κ1) is 18.3. The zero-order chi connectivity index (χ0) is 18.5. The van der Waals surface area contributed by atoms with Gasteiger partial charge in [-0.1, -0.05) is 19.1 Å². The maximum Gasteiger partial charge on any atom is 0.105 e. The van der Waals surface area contributed by atoms with E-state index in [4.69, 9.17) is 0 Å². The van der Waals surface area contributed by atoms with Crippen LogP contribution in [0.25, 0.3) is 5.69 Å². The number of aliphatic imine (C=N–C) groups is 1. The Labute approximate surface area is 157 Å². The Morgan fingerprint density at radius 3 is 2.62 bits per heavy atom. The van der Waals surface area contributed by atoms with E-state index < -0.39 is 10.8 Å². The van der Waals surface area contributed by atoms with Crippen LogP contribution in [0.2, 0.25) is 0 Å². The highest BCUT2D eigenvalue weighted by Crippen LogP contribution is 2.20. The Balaban J connectivity index is 1.83. The molecule has 3 aromatic rings. The average molecular weight is 366 g/mol. The van der Waals surface area contributed by atoms with Crippen molar-refractivity contribution < 1.29 is 4.21 Å². The lowest BCUT2D eigenvalue weighted by molar-refractivity contribution is 0.688. The molecule has 5 heteroatoms. The smallest absolute Gasteiger partial charge is 0.105 e. The van der Waals surface area contributed by atoms with Gasteiger partial charge in [0.1, 0.15) is 5.04 Å². The fourth-order valence-corrected chi connectivity index (χ4v) is 4.01. The molecule has 0 amide bonds. The zero-order valence-corrected chi connectivity index (χ0v) is 16.2. The number of rotatable bonds is 5. The van der Waals surface area contributed by atoms with Gasteiger partial charge in [-0.25, -0.2) is 4.99 Å².